The van der Waals surface area contributed by atoms with Crippen LogP contribution in [0.2, 0.25) is 0 Å². The number of methoxy groups -OCH3 is 1. The second kappa shape index (κ2) is 16.9. The summed E-state index contributed by atoms with van der Waals surface area (Å²) in [4.78, 5) is 51.8. The molecule has 0 aliphatic carbocycles. The van der Waals surface area contributed by atoms with Gasteiger partial charge in [-0.15, -0.1) is 0 Å². The number of esters is 1. The number of hydrogen-bond donors (Lipinski definition) is 3. The molecular weight excluding hydrogens is 542 g/mol. The number of phenolic OH excluding ortho intramolecular Hbond substituents is 1. The summed E-state index contributed by atoms with van der Waals surface area (Å²) in [6, 6.07) is 11.8. The molecule has 2 rings (SSSR count). The maximum Gasteiger partial charge on any atom is 0.408 e. The number of phenols is 1. The number of nitrogens with zero attached hydrogens (tertiary/aromatic N) is 1. The number of rotatable bonds is 16. The Labute approximate surface area is 247 Å². The highest BCUT2D eigenvalue weighted by Crippen LogP contribution is 2.28. The second-order valence-corrected chi connectivity index (χ2v) is 10.7. The van der Waals surface area contributed by atoms with Gasteiger partial charge in [0.15, 0.2) is 0 Å². The third kappa shape index (κ3) is 10.6. The molecule has 0 fully saturated rings. The molecule has 230 valence electrons. The van der Waals surface area contributed by atoms with Gasteiger partial charge in [-0.05, 0) is 42.4 Å². The summed E-state index contributed by atoms with van der Waals surface area (Å²) in [5.74, 6) is -1.95. The molecule has 0 aliphatic rings. The molecular formula is C31H43N3O8. The van der Waals surface area contributed by atoms with E-state index in [-0.39, 0.29) is 43.1 Å². The molecule has 2 aromatic rings. The fourth-order valence-corrected chi connectivity index (χ4v) is 4.32. The van der Waals surface area contributed by atoms with Crippen LogP contribution < -0.4 is 15.8 Å². The summed E-state index contributed by atoms with van der Waals surface area (Å²) in [5.41, 5.74) is 6.31. The van der Waals surface area contributed by atoms with Gasteiger partial charge in [-0.3, -0.25) is 9.59 Å². The van der Waals surface area contributed by atoms with Crippen molar-refractivity contribution in [2.45, 2.75) is 72.2 Å². The highest BCUT2D eigenvalue weighted by molar-refractivity contribution is 5.90. The molecule has 2 atom stereocenters. The van der Waals surface area contributed by atoms with Crippen LogP contribution in [-0.2, 0) is 37.0 Å². The predicted octanol–water partition coefficient (Wildman–Crippen LogP) is 3.90. The van der Waals surface area contributed by atoms with Crippen molar-refractivity contribution in [3.63, 3.8) is 0 Å². The Balaban J connectivity index is 2.25. The van der Waals surface area contributed by atoms with Gasteiger partial charge in [-0.2, -0.15) is 0 Å². The van der Waals surface area contributed by atoms with E-state index in [9.17, 15) is 24.3 Å². The van der Waals surface area contributed by atoms with Gasteiger partial charge in [0.1, 0.15) is 30.2 Å². The summed E-state index contributed by atoms with van der Waals surface area (Å²) in [7, 11) is 1.24. The van der Waals surface area contributed by atoms with E-state index in [2.05, 4.69) is 5.32 Å². The lowest BCUT2D eigenvalue weighted by Crippen LogP contribution is -2.56. The number of unbranched alkanes of at least 4 members (excludes halogenated alkanes) is 1. The first kappa shape index (κ1) is 33.9. The minimum Gasteiger partial charge on any atom is -0.507 e. The van der Waals surface area contributed by atoms with Crippen LogP contribution in [0.3, 0.4) is 0 Å². The minimum absolute atomic E-state index is 0.0274. The zero-order valence-corrected chi connectivity index (χ0v) is 25.0. The molecule has 2 aromatic carbocycles. The minimum atomic E-state index is -1.02. The molecule has 0 aromatic heterocycles. The first-order chi connectivity index (χ1) is 19.9. The number of carbonyl (C=O) groups excluding carboxylic acids is 4. The zero-order chi connectivity index (χ0) is 31.2. The van der Waals surface area contributed by atoms with Gasteiger partial charge < -0.3 is 35.3 Å². The molecule has 0 aliphatic heterocycles. The number of ether oxygens (including phenoxy) is 3. The first-order valence-electron chi connectivity index (χ1n) is 14.0. The van der Waals surface area contributed by atoms with Crippen LogP contribution in [0.15, 0.2) is 48.5 Å². The van der Waals surface area contributed by atoms with Crippen LogP contribution in [0.25, 0.3) is 0 Å². The number of alkyl carbamates (subject to hydrolysis) is 1. The van der Waals surface area contributed by atoms with Crippen molar-refractivity contribution < 1.29 is 38.5 Å². The number of nitrogens with two attached hydrogens (primary N) is 1. The van der Waals surface area contributed by atoms with Crippen LogP contribution in [-0.4, -0.2) is 59.7 Å². The van der Waals surface area contributed by atoms with E-state index in [0.29, 0.717) is 30.8 Å². The number of carbonyl (C=O) groups is 4. The molecule has 0 spiro atoms. The molecule has 42 heavy (non-hydrogen) atoms. The molecule has 0 saturated carbocycles. The van der Waals surface area contributed by atoms with E-state index in [1.165, 1.54) is 18.1 Å². The van der Waals surface area contributed by atoms with Gasteiger partial charge in [-0.1, -0.05) is 58.0 Å². The topological polar surface area (TPSA) is 157 Å². The smallest absolute Gasteiger partial charge is 0.408 e. The number of primary amides is 1. The quantitative estimate of drug-likeness (QED) is 0.198. The van der Waals surface area contributed by atoms with Crippen LogP contribution in [0.5, 0.6) is 11.5 Å². The van der Waals surface area contributed by atoms with Gasteiger partial charge >= 0.3 is 12.1 Å². The highest BCUT2D eigenvalue weighted by atomic mass is 16.5. The Morgan fingerprint density at radius 2 is 1.67 bits per heavy atom. The highest BCUT2D eigenvalue weighted by Gasteiger charge is 2.38. The third-order valence-electron chi connectivity index (χ3n) is 6.60. The Morgan fingerprint density at radius 3 is 2.24 bits per heavy atom. The largest absolute Gasteiger partial charge is 0.507 e. The Hall–Kier alpha value is -4.28. The fraction of sp³-hybridized carbons (Fsp3) is 0.484. The number of aromatic hydroxyl groups is 1. The summed E-state index contributed by atoms with van der Waals surface area (Å²) in [6.07, 6.45) is 0.697. The lowest BCUT2D eigenvalue weighted by Gasteiger charge is -2.36. The second-order valence-electron chi connectivity index (χ2n) is 10.7. The lowest BCUT2D eigenvalue weighted by atomic mass is 9.97. The van der Waals surface area contributed by atoms with E-state index >= 15 is 0 Å². The predicted molar refractivity (Wildman–Crippen MR) is 156 cm³/mol. The van der Waals surface area contributed by atoms with E-state index < -0.39 is 30.1 Å². The van der Waals surface area contributed by atoms with Crippen molar-refractivity contribution in [2.24, 2.45) is 17.6 Å². The van der Waals surface area contributed by atoms with Crippen molar-refractivity contribution in [2.75, 3.05) is 13.7 Å². The van der Waals surface area contributed by atoms with Gasteiger partial charge in [0.2, 0.25) is 11.8 Å². The molecule has 3 amide bonds. The maximum atomic E-state index is 14.0. The molecule has 0 heterocycles. The summed E-state index contributed by atoms with van der Waals surface area (Å²) >= 11 is 0. The normalized spacial score (nSPS) is 12.4. The molecule has 0 unspecified atom stereocenters. The average molecular weight is 586 g/mol. The number of nitrogens with one attached hydrogen (secondary N) is 1. The SMILES string of the molecule is COC(=O)[C@H](C(C)C)N(Cc1ccc(OCCCCC(N)=O)cc1O)C(=O)[C@@H](NC(=O)OCc1ccccc1)C(C)C. The average Bonchev–Trinajstić information content (AvgIpc) is 2.94. The molecule has 0 saturated heterocycles. The van der Waals surface area contributed by atoms with Crippen molar-refractivity contribution in [3.8, 4) is 11.5 Å². The molecule has 0 radical (unpaired) electrons. The molecule has 0 bridgehead atoms. The summed E-state index contributed by atoms with van der Waals surface area (Å²) < 4.78 is 16.0. The van der Waals surface area contributed by atoms with Crippen LogP contribution >= 0.6 is 0 Å². The van der Waals surface area contributed by atoms with E-state index in [1.54, 1.807) is 39.8 Å². The van der Waals surface area contributed by atoms with Crippen LogP contribution in [0.4, 0.5) is 4.79 Å². The number of amides is 3. The van der Waals surface area contributed by atoms with Crippen LogP contribution in [0.1, 0.15) is 58.1 Å². The maximum absolute atomic E-state index is 14.0. The standard InChI is InChI=1S/C31H43N3O8/c1-20(2)27(33-31(39)42-19-22-11-7-6-8-12-22)29(37)34(28(21(3)4)30(38)40-5)18-23-14-15-24(17-25(23)35)41-16-10-9-13-26(32)36/h6-8,11-12,14-15,17,20-21,27-28,35H,9-10,13,16,18-19H2,1-5H3,(H2,32,36)(H,33,39)/t27-,28-/m0/s1. The summed E-state index contributed by atoms with van der Waals surface area (Å²) in [6.45, 7) is 7.33. The first-order valence-corrected chi connectivity index (χ1v) is 14.0. The summed E-state index contributed by atoms with van der Waals surface area (Å²) in [5, 5.41) is 13.5. The Kier molecular flexibility index (Phi) is 13.6. The zero-order valence-electron chi connectivity index (χ0n) is 25.0. The van der Waals surface area contributed by atoms with Gasteiger partial charge in [0, 0.05) is 18.1 Å². The molecule has 11 heteroatoms. The van der Waals surface area contributed by atoms with Crippen molar-refractivity contribution >= 4 is 23.9 Å². The molecule has 4 N–H and O–H groups in total. The van der Waals surface area contributed by atoms with E-state index in [4.69, 9.17) is 19.9 Å². The lowest BCUT2D eigenvalue weighted by molar-refractivity contribution is -0.156. The molecule has 11 nitrogen and oxygen atoms in total. The number of benzene rings is 2. The monoisotopic (exact) mass is 585 g/mol. The fourth-order valence-electron chi connectivity index (χ4n) is 4.32. The van der Waals surface area contributed by atoms with Gasteiger partial charge in [0.25, 0.3) is 0 Å². The van der Waals surface area contributed by atoms with E-state index in [1.807, 2.05) is 30.3 Å². The van der Waals surface area contributed by atoms with Crippen molar-refractivity contribution in [1.82, 2.24) is 10.2 Å². The van der Waals surface area contributed by atoms with Gasteiger partial charge in [0.05, 0.1) is 20.3 Å². The number of hydrogen-bond acceptors (Lipinski definition) is 8. The van der Waals surface area contributed by atoms with Crippen molar-refractivity contribution in [3.05, 3.63) is 59.7 Å². The van der Waals surface area contributed by atoms with Gasteiger partial charge in [-0.25, -0.2) is 9.59 Å². The third-order valence-corrected chi connectivity index (χ3v) is 6.60. The Morgan fingerprint density at radius 1 is 0.976 bits per heavy atom. The Bertz CT molecular complexity index is 1190. The van der Waals surface area contributed by atoms with Crippen LogP contribution in [0, 0.1) is 11.8 Å². The van der Waals surface area contributed by atoms with E-state index in [0.717, 1.165) is 5.56 Å². The van der Waals surface area contributed by atoms with Crippen molar-refractivity contribution in [1.29, 1.82) is 0 Å².